The molecule has 106 valence electrons. The van der Waals surface area contributed by atoms with E-state index in [9.17, 15) is 9.90 Å². The SMILES string of the molecule is O=C(C1=Cc2cc(Br)ccc2OC1)N1CCC(O)CC1. The van der Waals surface area contributed by atoms with Crippen molar-refractivity contribution in [3.05, 3.63) is 33.8 Å². The van der Waals surface area contributed by atoms with Gasteiger partial charge in [-0.3, -0.25) is 4.79 Å². The summed E-state index contributed by atoms with van der Waals surface area (Å²) >= 11 is 3.42. The van der Waals surface area contributed by atoms with Crippen LogP contribution in [0.5, 0.6) is 5.75 Å². The van der Waals surface area contributed by atoms with E-state index in [0.717, 1.165) is 15.8 Å². The Morgan fingerprint density at radius 3 is 2.85 bits per heavy atom. The summed E-state index contributed by atoms with van der Waals surface area (Å²) in [5, 5.41) is 9.50. The van der Waals surface area contributed by atoms with E-state index in [1.807, 2.05) is 24.3 Å². The largest absolute Gasteiger partial charge is 0.488 e. The first-order valence-corrected chi connectivity index (χ1v) is 7.53. The second kappa shape index (κ2) is 5.58. The fourth-order valence-corrected chi connectivity index (χ4v) is 2.92. The van der Waals surface area contributed by atoms with Gasteiger partial charge in [0.2, 0.25) is 0 Å². The van der Waals surface area contributed by atoms with Crippen molar-refractivity contribution >= 4 is 27.9 Å². The molecule has 2 aliphatic rings. The zero-order valence-electron chi connectivity index (χ0n) is 11.0. The quantitative estimate of drug-likeness (QED) is 0.854. The summed E-state index contributed by atoms with van der Waals surface area (Å²) in [4.78, 5) is 14.2. The Morgan fingerprint density at radius 1 is 1.35 bits per heavy atom. The van der Waals surface area contributed by atoms with Crippen LogP contribution in [0.1, 0.15) is 18.4 Å². The Labute approximate surface area is 126 Å². The molecule has 1 N–H and O–H groups in total. The summed E-state index contributed by atoms with van der Waals surface area (Å²) in [5.74, 6) is 0.821. The summed E-state index contributed by atoms with van der Waals surface area (Å²) in [6, 6.07) is 5.77. The summed E-state index contributed by atoms with van der Waals surface area (Å²) in [5.41, 5.74) is 1.60. The molecule has 0 aliphatic carbocycles. The van der Waals surface area contributed by atoms with E-state index in [1.165, 1.54) is 0 Å². The van der Waals surface area contributed by atoms with Crippen molar-refractivity contribution < 1.29 is 14.6 Å². The van der Waals surface area contributed by atoms with Gasteiger partial charge in [0, 0.05) is 23.1 Å². The zero-order valence-corrected chi connectivity index (χ0v) is 12.6. The van der Waals surface area contributed by atoms with Gasteiger partial charge in [-0.15, -0.1) is 0 Å². The first-order chi connectivity index (χ1) is 9.63. The number of aliphatic hydroxyl groups excluding tert-OH is 1. The van der Waals surface area contributed by atoms with Crippen molar-refractivity contribution in [3.8, 4) is 5.75 Å². The van der Waals surface area contributed by atoms with Crippen molar-refractivity contribution in [1.82, 2.24) is 4.90 Å². The van der Waals surface area contributed by atoms with E-state index in [1.54, 1.807) is 4.90 Å². The summed E-state index contributed by atoms with van der Waals surface area (Å²) in [6.45, 7) is 1.54. The maximum atomic E-state index is 12.4. The van der Waals surface area contributed by atoms with E-state index >= 15 is 0 Å². The molecule has 0 aromatic heterocycles. The predicted octanol–water partition coefficient (Wildman–Crippen LogP) is 2.21. The molecule has 0 saturated carbocycles. The van der Waals surface area contributed by atoms with Crippen LogP contribution in [0.25, 0.3) is 6.08 Å². The minimum atomic E-state index is -0.271. The monoisotopic (exact) mass is 337 g/mol. The highest BCUT2D eigenvalue weighted by Gasteiger charge is 2.25. The molecule has 2 heterocycles. The maximum Gasteiger partial charge on any atom is 0.253 e. The van der Waals surface area contributed by atoms with Gasteiger partial charge in [0.05, 0.1) is 11.7 Å². The Bertz CT molecular complexity index is 562. The van der Waals surface area contributed by atoms with Crippen LogP contribution in [0.3, 0.4) is 0 Å². The molecule has 1 saturated heterocycles. The lowest BCUT2D eigenvalue weighted by Crippen LogP contribution is -2.41. The smallest absolute Gasteiger partial charge is 0.253 e. The number of hydrogen-bond acceptors (Lipinski definition) is 3. The Morgan fingerprint density at radius 2 is 2.10 bits per heavy atom. The number of carbonyl (C=O) groups is 1. The number of aliphatic hydroxyl groups is 1. The number of benzene rings is 1. The molecule has 0 spiro atoms. The van der Waals surface area contributed by atoms with Gasteiger partial charge in [0.1, 0.15) is 12.4 Å². The third-order valence-electron chi connectivity index (χ3n) is 3.71. The van der Waals surface area contributed by atoms with Crippen LogP contribution in [0.4, 0.5) is 0 Å². The molecule has 3 rings (SSSR count). The van der Waals surface area contributed by atoms with Gasteiger partial charge in [-0.05, 0) is 37.1 Å². The fraction of sp³-hybridized carbons (Fsp3) is 0.400. The predicted molar refractivity (Wildman–Crippen MR) is 79.4 cm³/mol. The third-order valence-corrected chi connectivity index (χ3v) is 4.20. The molecule has 0 atom stereocenters. The number of nitrogens with zero attached hydrogens (tertiary/aromatic N) is 1. The normalized spacial score (nSPS) is 19.1. The molecule has 0 bridgehead atoms. The van der Waals surface area contributed by atoms with Gasteiger partial charge in [0.25, 0.3) is 5.91 Å². The van der Waals surface area contributed by atoms with Crippen molar-refractivity contribution in [2.75, 3.05) is 19.7 Å². The van der Waals surface area contributed by atoms with Crippen molar-refractivity contribution in [3.63, 3.8) is 0 Å². The van der Waals surface area contributed by atoms with Gasteiger partial charge in [-0.2, -0.15) is 0 Å². The van der Waals surface area contributed by atoms with Crippen LogP contribution in [0, 0.1) is 0 Å². The van der Waals surface area contributed by atoms with Crippen molar-refractivity contribution in [1.29, 1.82) is 0 Å². The van der Waals surface area contributed by atoms with E-state index in [4.69, 9.17) is 4.74 Å². The van der Waals surface area contributed by atoms with Crippen molar-refractivity contribution in [2.24, 2.45) is 0 Å². The standard InChI is InChI=1S/C15H16BrNO3/c16-12-1-2-14-10(8-12)7-11(9-20-14)15(19)17-5-3-13(18)4-6-17/h1-2,7-8,13,18H,3-6,9H2. The number of likely N-dealkylation sites (tertiary alicyclic amines) is 1. The minimum absolute atomic E-state index is 0.0162. The average molecular weight is 338 g/mol. The topological polar surface area (TPSA) is 49.8 Å². The average Bonchev–Trinajstić information content (AvgIpc) is 2.46. The first-order valence-electron chi connectivity index (χ1n) is 6.74. The molecule has 0 radical (unpaired) electrons. The van der Waals surface area contributed by atoms with E-state index in [-0.39, 0.29) is 12.0 Å². The first kappa shape index (κ1) is 13.6. The van der Waals surface area contributed by atoms with Crippen LogP contribution in [0.15, 0.2) is 28.2 Å². The maximum absolute atomic E-state index is 12.4. The molecule has 1 aromatic carbocycles. The number of rotatable bonds is 1. The van der Waals surface area contributed by atoms with Crippen LogP contribution >= 0.6 is 15.9 Å². The van der Waals surface area contributed by atoms with E-state index in [0.29, 0.717) is 38.1 Å². The van der Waals surface area contributed by atoms with Crippen LogP contribution in [-0.2, 0) is 4.79 Å². The van der Waals surface area contributed by atoms with Gasteiger partial charge in [0.15, 0.2) is 0 Å². The lowest BCUT2D eigenvalue weighted by atomic mass is 10.0. The minimum Gasteiger partial charge on any atom is -0.488 e. The fourth-order valence-electron chi connectivity index (χ4n) is 2.54. The summed E-state index contributed by atoms with van der Waals surface area (Å²) < 4.78 is 6.60. The molecule has 1 aromatic rings. The molecular formula is C15H16BrNO3. The van der Waals surface area contributed by atoms with Gasteiger partial charge in [-0.1, -0.05) is 15.9 Å². The second-order valence-corrected chi connectivity index (χ2v) is 6.08. The Kier molecular flexibility index (Phi) is 3.81. The lowest BCUT2D eigenvalue weighted by molar-refractivity contribution is -0.129. The summed E-state index contributed by atoms with van der Waals surface area (Å²) in [7, 11) is 0. The van der Waals surface area contributed by atoms with Crippen molar-refractivity contribution in [2.45, 2.75) is 18.9 Å². The number of amides is 1. The molecule has 1 fully saturated rings. The third kappa shape index (κ3) is 2.74. The van der Waals surface area contributed by atoms with Gasteiger partial charge in [-0.25, -0.2) is 0 Å². The van der Waals surface area contributed by atoms with Crippen LogP contribution in [-0.4, -0.2) is 41.7 Å². The number of fused-ring (bicyclic) bond motifs is 1. The highest BCUT2D eigenvalue weighted by Crippen LogP contribution is 2.30. The molecule has 5 heteroatoms. The zero-order chi connectivity index (χ0) is 14.1. The number of carbonyl (C=O) groups excluding carboxylic acids is 1. The number of ether oxygens (including phenoxy) is 1. The number of halogens is 1. The van der Waals surface area contributed by atoms with Gasteiger partial charge < -0.3 is 14.7 Å². The molecule has 20 heavy (non-hydrogen) atoms. The van der Waals surface area contributed by atoms with Gasteiger partial charge >= 0.3 is 0 Å². The summed E-state index contributed by atoms with van der Waals surface area (Å²) in [6.07, 6.45) is 2.94. The number of piperidine rings is 1. The molecule has 1 amide bonds. The Hall–Kier alpha value is -1.33. The van der Waals surface area contributed by atoms with Crippen LogP contribution in [0.2, 0.25) is 0 Å². The molecule has 2 aliphatic heterocycles. The molecule has 0 unspecified atom stereocenters. The second-order valence-electron chi connectivity index (χ2n) is 5.16. The van der Waals surface area contributed by atoms with E-state index in [2.05, 4.69) is 15.9 Å². The highest BCUT2D eigenvalue weighted by atomic mass is 79.9. The van der Waals surface area contributed by atoms with E-state index < -0.39 is 0 Å². The molecule has 4 nitrogen and oxygen atoms in total. The Balaban J connectivity index is 1.79. The van der Waals surface area contributed by atoms with Crippen LogP contribution < -0.4 is 4.74 Å². The lowest BCUT2D eigenvalue weighted by Gasteiger charge is -2.31. The number of hydrogen-bond donors (Lipinski definition) is 1. The highest BCUT2D eigenvalue weighted by molar-refractivity contribution is 9.10. The molecular weight excluding hydrogens is 322 g/mol.